The number of rotatable bonds is 5. The second-order valence-corrected chi connectivity index (χ2v) is 4.06. The molecule has 2 aromatic rings. The Morgan fingerprint density at radius 2 is 2.16 bits per heavy atom. The van der Waals surface area contributed by atoms with E-state index in [2.05, 4.69) is 25.7 Å². The molecule has 0 aliphatic rings. The smallest absolute Gasteiger partial charge is 0.269 e. The molecule has 0 aliphatic carbocycles. The Balaban J connectivity index is 1.86. The van der Waals surface area contributed by atoms with Crippen molar-refractivity contribution < 1.29 is 4.92 Å². The maximum atomic E-state index is 10.4. The largest absolute Gasteiger partial charge is 0.277 e. The standard InChI is InChI=1S/C10H8N6O2S/c17-16(18)9-3-1-8(2-4-9)14-12-7-13-15-10-11-5-6-19-10/h1-7,14H. The number of thiazole rings is 1. The van der Waals surface area contributed by atoms with Crippen molar-refractivity contribution in [2.45, 2.75) is 0 Å². The van der Waals surface area contributed by atoms with Crippen molar-refractivity contribution in [1.82, 2.24) is 4.98 Å². The second-order valence-electron chi connectivity index (χ2n) is 3.19. The van der Waals surface area contributed by atoms with Crippen LogP contribution in [0, 0.1) is 10.1 Å². The highest BCUT2D eigenvalue weighted by atomic mass is 32.1. The number of nitrogens with zero attached hydrogens (tertiary/aromatic N) is 5. The summed E-state index contributed by atoms with van der Waals surface area (Å²) in [5, 5.41) is 24.0. The summed E-state index contributed by atoms with van der Waals surface area (Å²) >= 11 is 1.36. The number of hydrazone groups is 1. The van der Waals surface area contributed by atoms with Gasteiger partial charge in [0.25, 0.3) is 5.69 Å². The Morgan fingerprint density at radius 1 is 1.37 bits per heavy atom. The lowest BCUT2D eigenvalue weighted by molar-refractivity contribution is -0.384. The van der Waals surface area contributed by atoms with E-state index in [1.54, 1.807) is 23.7 Å². The lowest BCUT2D eigenvalue weighted by Gasteiger charge is -1.97. The molecule has 0 aliphatic heterocycles. The average Bonchev–Trinajstić information content (AvgIpc) is 2.92. The zero-order valence-electron chi connectivity index (χ0n) is 9.50. The van der Waals surface area contributed by atoms with E-state index in [1.165, 1.54) is 29.8 Å². The summed E-state index contributed by atoms with van der Waals surface area (Å²) < 4.78 is 0. The van der Waals surface area contributed by atoms with Crippen molar-refractivity contribution in [3.05, 3.63) is 46.0 Å². The third-order valence-electron chi connectivity index (χ3n) is 1.94. The Bertz CT molecular complexity index is 593. The number of hydrogen-bond acceptors (Lipinski definition) is 7. The second kappa shape index (κ2) is 6.31. The average molecular weight is 276 g/mol. The molecule has 0 unspecified atom stereocenters. The van der Waals surface area contributed by atoms with Crippen LogP contribution >= 0.6 is 11.3 Å². The van der Waals surface area contributed by atoms with Crippen molar-refractivity contribution >= 4 is 34.2 Å². The van der Waals surface area contributed by atoms with Gasteiger partial charge in [-0.05, 0) is 12.1 Å². The van der Waals surface area contributed by atoms with Crippen molar-refractivity contribution in [2.75, 3.05) is 5.43 Å². The maximum absolute atomic E-state index is 10.4. The van der Waals surface area contributed by atoms with Gasteiger partial charge in [-0.2, -0.15) is 5.10 Å². The first-order chi connectivity index (χ1) is 9.25. The molecular weight excluding hydrogens is 268 g/mol. The van der Waals surface area contributed by atoms with Crippen molar-refractivity contribution in [3.8, 4) is 0 Å². The summed E-state index contributed by atoms with van der Waals surface area (Å²) in [7, 11) is 0. The number of nitro benzene ring substituents is 1. The molecule has 1 aromatic heterocycles. The highest BCUT2D eigenvalue weighted by molar-refractivity contribution is 7.13. The molecule has 0 fully saturated rings. The van der Waals surface area contributed by atoms with Crippen LogP contribution in [-0.4, -0.2) is 16.2 Å². The third kappa shape index (κ3) is 3.92. The van der Waals surface area contributed by atoms with E-state index < -0.39 is 4.92 Å². The van der Waals surface area contributed by atoms with Crippen molar-refractivity contribution in [3.63, 3.8) is 0 Å². The number of nitro groups is 1. The SMILES string of the molecule is O=[N+]([O-])c1ccc(NN=CN=Nc2nccs2)cc1. The Kier molecular flexibility index (Phi) is 4.24. The van der Waals surface area contributed by atoms with Crippen LogP contribution < -0.4 is 5.43 Å². The topological polar surface area (TPSA) is 105 Å². The minimum Gasteiger partial charge on any atom is -0.277 e. The molecule has 0 amide bonds. The summed E-state index contributed by atoms with van der Waals surface area (Å²) in [6.45, 7) is 0. The zero-order valence-corrected chi connectivity index (χ0v) is 10.3. The summed E-state index contributed by atoms with van der Waals surface area (Å²) in [4.78, 5) is 13.9. The highest BCUT2D eigenvalue weighted by Gasteiger charge is 2.02. The van der Waals surface area contributed by atoms with Gasteiger partial charge in [0.05, 0.1) is 10.6 Å². The maximum Gasteiger partial charge on any atom is 0.269 e. The fourth-order valence-electron chi connectivity index (χ4n) is 1.13. The predicted octanol–water partition coefficient (Wildman–Crippen LogP) is 3.19. The first-order valence-electron chi connectivity index (χ1n) is 5.08. The van der Waals surface area contributed by atoms with Crippen LogP contribution in [0.5, 0.6) is 0 Å². The predicted molar refractivity (Wildman–Crippen MR) is 71.8 cm³/mol. The van der Waals surface area contributed by atoms with Crippen LogP contribution in [0.25, 0.3) is 0 Å². The summed E-state index contributed by atoms with van der Waals surface area (Å²) in [6, 6.07) is 5.87. The monoisotopic (exact) mass is 276 g/mol. The van der Waals surface area contributed by atoms with Crippen molar-refractivity contribution in [2.24, 2.45) is 15.3 Å². The number of anilines is 1. The van der Waals surface area contributed by atoms with Gasteiger partial charge in [-0.25, -0.2) is 4.98 Å². The van der Waals surface area contributed by atoms with Crippen LogP contribution in [-0.2, 0) is 0 Å². The number of benzene rings is 1. The molecule has 0 radical (unpaired) electrons. The first-order valence-corrected chi connectivity index (χ1v) is 5.96. The fraction of sp³-hybridized carbons (Fsp3) is 0. The number of aromatic nitrogens is 1. The molecule has 9 heteroatoms. The van der Waals surface area contributed by atoms with Gasteiger partial charge >= 0.3 is 0 Å². The highest BCUT2D eigenvalue weighted by Crippen LogP contribution is 2.15. The van der Waals surface area contributed by atoms with Gasteiger partial charge < -0.3 is 0 Å². The van der Waals surface area contributed by atoms with E-state index in [-0.39, 0.29) is 5.69 Å². The van der Waals surface area contributed by atoms with E-state index in [0.717, 1.165) is 0 Å². The van der Waals surface area contributed by atoms with Crippen molar-refractivity contribution in [1.29, 1.82) is 0 Å². The number of non-ortho nitro benzene ring substituents is 1. The molecule has 2 rings (SSSR count). The third-order valence-corrected chi connectivity index (χ3v) is 2.60. The molecular formula is C10H8N6O2S. The molecule has 0 atom stereocenters. The van der Waals surface area contributed by atoms with E-state index in [9.17, 15) is 10.1 Å². The number of azo groups is 1. The fourth-order valence-corrected chi connectivity index (χ4v) is 1.59. The first kappa shape index (κ1) is 12.8. The summed E-state index contributed by atoms with van der Waals surface area (Å²) in [6.07, 6.45) is 2.86. The number of hydrogen-bond donors (Lipinski definition) is 1. The van der Waals surface area contributed by atoms with Crippen LogP contribution in [0.4, 0.5) is 16.5 Å². The molecule has 0 spiro atoms. The van der Waals surface area contributed by atoms with Crippen LogP contribution in [0.1, 0.15) is 0 Å². The quantitative estimate of drug-likeness (QED) is 0.297. The van der Waals surface area contributed by atoms with Gasteiger partial charge in [-0.1, -0.05) is 0 Å². The molecule has 19 heavy (non-hydrogen) atoms. The molecule has 1 aromatic carbocycles. The van der Waals surface area contributed by atoms with E-state index in [4.69, 9.17) is 0 Å². The summed E-state index contributed by atoms with van der Waals surface area (Å²) in [5.41, 5.74) is 3.31. The van der Waals surface area contributed by atoms with Gasteiger partial charge in [0.1, 0.15) is 0 Å². The normalized spacial score (nSPS) is 11.2. The molecule has 0 bridgehead atoms. The van der Waals surface area contributed by atoms with Gasteiger partial charge in [-0.3, -0.25) is 15.5 Å². The van der Waals surface area contributed by atoms with Gasteiger partial charge in [0, 0.05) is 23.7 Å². The van der Waals surface area contributed by atoms with Crippen LogP contribution in [0.15, 0.2) is 51.2 Å². The Morgan fingerprint density at radius 3 is 2.79 bits per heavy atom. The Hall–Kier alpha value is -2.68. The molecule has 1 N–H and O–H groups in total. The van der Waals surface area contributed by atoms with Gasteiger partial charge in [0.2, 0.25) is 5.13 Å². The van der Waals surface area contributed by atoms with E-state index in [0.29, 0.717) is 10.8 Å². The molecule has 1 heterocycles. The lowest BCUT2D eigenvalue weighted by Crippen LogP contribution is -1.90. The number of nitrogens with one attached hydrogen (secondary N) is 1. The lowest BCUT2D eigenvalue weighted by atomic mass is 10.3. The minimum atomic E-state index is -0.463. The molecule has 96 valence electrons. The van der Waals surface area contributed by atoms with E-state index >= 15 is 0 Å². The molecule has 8 nitrogen and oxygen atoms in total. The molecule has 0 saturated heterocycles. The van der Waals surface area contributed by atoms with Crippen LogP contribution in [0.2, 0.25) is 0 Å². The van der Waals surface area contributed by atoms with Gasteiger partial charge in [-0.15, -0.1) is 21.6 Å². The Labute approximate surface area is 111 Å². The molecule has 0 saturated carbocycles. The minimum absolute atomic E-state index is 0.0259. The van der Waals surface area contributed by atoms with Crippen LogP contribution in [0.3, 0.4) is 0 Å². The van der Waals surface area contributed by atoms with Gasteiger partial charge in [0.15, 0.2) is 6.34 Å². The summed E-state index contributed by atoms with van der Waals surface area (Å²) in [5.74, 6) is 0. The van der Waals surface area contributed by atoms with E-state index in [1.807, 2.05) is 0 Å². The zero-order chi connectivity index (χ0) is 13.5.